The zero-order valence-corrected chi connectivity index (χ0v) is 18.0. The number of anilines is 2. The maximum atomic E-state index is 5.96. The summed E-state index contributed by atoms with van der Waals surface area (Å²) in [5.74, 6) is 1.53. The maximum absolute atomic E-state index is 5.96. The van der Waals surface area contributed by atoms with Gasteiger partial charge in [-0.25, -0.2) is 9.97 Å². The molecule has 0 saturated carbocycles. The first-order chi connectivity index (χ1) is 16.2. The second kappa shape index (κ2) is 8.95. The second-order valence-corrected chi connectivity index (χ2v) is 7.56. The van der Waals surface area contributed by atoms with Crippen molar-refractivity contribution in [3.63, 3.8) is 0 Å². The molecule has 3 N–H and O–H groups in total. The van der Waals surface area contributed by atoms with Gasteiger partial charge in [-0.3, -0.25) is 0 Å². The average molecular weight is 438 g/mol. The van der Waals surface area contributed by atoms with Crippen LogP contribution in [0.2, 0.25) is 0 Å². The lowest BCUT2D eigenvalue weighted by Gasteiger charge is -2.23. The van der Waals surface area contributed by atoms with E-state index in [0.717, 1.165) is 35.2 Å². The highest BCUT2D eigenvalue weighted by Crippen LogP contribution is 2.30. The molecular formula is C23H22N10. The van der Waals surface area contributed by atoms with Gasteiger partial charge in [-0.1, -0.05) is 55.5 Å². The number of nitrogens with zero attached hydrogens (tertiary/aromatic N) is 8. The molecule has 5 aromatic rings. The van der Waals surface area contributed by atoms with Crippen LogP contribution in [0.5, 0.6) is 0 Å². The lowest BCUT2D eigenvalue weighted by atomic mass is 9.98. The van der Waals surface area contributed by atoms with Crippen LogP contribution in [0.3, 0.4) is 0 Å². The topological polar surface area (TPSA) is 135 Å². The summed E-state index contributed by atoms with van der Waals surface area (Å²) in [6.45, 7) is 3.58. The Bertz CT molecular complexity index is 1370. The fourth-order valence-electron chi connectivity index (χ4n) is 3.84. The molecule has 0 aliphatic heterocycles. The van der Waals surface area contributed by atoms with E-state index in [1.54, 1.807) is 12.4 Å². The van der Waals surface area contributed by atoms with Crippen LogP contribution in [-0.2, 0) is 6.54 Å². The summed E-state index contributed by atoms with van der Waals surface area (Å²) >= 11 is 0. The van der Waals surface area contributed by atoms with Gasteiger partial charge in [0.1, 0.15) is 11.0 Å². The fourth-order valence-corrected chi connectivity index (χ4v) is 3.84. The highest BCUT2D eigenvalue weighted by atomic mass is 15.5. The Balaban J connectivity index is 1.45. The molecule has 0 atom stereocenters. The fraction of sp³-hybridized carbons (Fsp3) is 0.174. The summed E-state index contributed by atoms with van der Waals surface area (Å²) in [4.78, 5) is 11.0. The number of hydrogen-bond acceptors (Lipinski definition) is 9. The van der Waals surface area contributed by atoms with Crippen molar-refractivity contribution < 1.29 is 0 Å². The van der Waals surface area contributed by atoms with Crippen molar-refractivity contribution in [1.29, 1.82) is 0 Å². The van der Waals surface area contributed by atoms with Crippen molar-refractivity contribution in [3.05, 3.63) is 66.5 Å². The Kier molecular flexibility index (Phi) is 5.54. The summed E-state index contributed by atoms with van der Waals surface area (Å²) < 4.78 is 0. The molecule has 164 valence electrons. The van der Waals surface area contributed by atoms with E-state index in [1.165, 1.54) is 0 Å². The number of nitrogens with one attached hydrogen (secondary N) is 1. The largest absolute Gasteiger partial charge is 0.380 e. The van der Waals surface area contributed by atoms with Gasteiger partial charge in [-0.15, -0.1) is 20.4 Å². The standard InChI is InChI=1S/C23H22N10/c1-2-13-33(23-20-19(21(24)27-30-23)25-11-12-26-20)14-15-7-9-16(10-8-15)17-5-3-4-6-18(17)22-28-31-32-29-22/h3-12H,2,13-14H2,1H3,(H2,24,27)(H,28,29,31,32). The predicted molar refractivity (Wildman–Crippen MR) is 126 cm³/mol. The summed E-state index contributed by atoms with van der Waals surface area (Å²) in [5.41, 5.74) is 11.4. The van der Waals surface area contributed by atoms with Crippen molar-refractivity contribution in [2.24, 2.45) is 0 Å². The lowest BCUT2D eigenvalue weighted by Crippen LogP contribution is -2.25. The molecule has 0 saturated heterocycles. The van der Waals surface area contributed by atoms with Crippen molar-refractivity contribution in [2.75, 3.05) is 17.2 Å². The third-order valence-electron chi connectivity index (χ3n) is 5.35. The lowest BCUT2D eigenvalue weighted by molar-refractivity contribution is 0.748. The molecule has 3 heterocycles. The minimum atomic E-state index is 0.280. The van der Waals surface area contributed by atoms with Gasteiger partial charge >= 0.3 is 0 Å². The van der Waals surface area contributed by atoms with E-state index in [2.05, 4.69) is 82.9 Å². The molecule has 0 amide bonds. The number of rotatable bonds is 7. The number of aromatic amines is 1. The smallest absolute Gasteiger partial charge is 0.205 e. The molecule has 0 aliphatic rings. The number of fused-ring (bicyclic) bond motifs is 1. The van der Waals surface area contributed by atoms with Crippen LogP contribution in [0.25, 0.3) is 33.5 Å². The van der Waals surface area contributed by atoms with Crippen LogP contribution in [-0.4, -0.2) is 47.3 Å². The Labute approximate surface area is 189 Å². The summed E-state index contributed by atoms with van der Waals surface area (Å²) in [7, 11) is 0. The van der Waals surface area contributed by atoms with Gasteiger partial charge in [0.05, 0.1) is 0 Å². The highest BCUT2D eigenvalue weighted by Gasteiger charge is 2.17. The van der Waals surface area contributed by atoms with E-state index in [4.69, 9.17) is 5.73 Å². The van der Waals surface area contributed by atoms with Crippen molar-refractivity contribution in [2.45, 2.75) is 19.9 Å². The van der Waals surface area contributed by atoms with E-state index in [0.29, 0.717) is 29.2 Å². The molecule has 0 fully saturated rings. The molecule has 10 nitrogen and oxygen atoms in total. The highest BCUT2D eigenvalue weighted by molar-refractivity contribution is 5.91. The molecule has 3 aromatic heterocycles. The third-order valence-corrected chi connectivity index (χ3v) is 5.35. The van der Waals surface area contributed by atoms with Gasteiger partial charge in [-0.2, -0.15) is 5.21 Å². The zero-order chi connectivity index (χ0) is 22.6. The summed E-state index contributed by atoms with van der Waals surface area (Å²) in [6.07, 6.45) is 4.20. The minimum Gasteiger partial charge on any atom is -0.380 e. The number of benzene rings is 2. The number of aromatic nitrogens is 8. The first-order valence-electron chi connectivity index (χ1n) is 10.6. The van der Waals surface area contributed by atoms with E-state index in [-0.39, 0.29) is 5.82 Å². The summed E-state index contributed by atoms with van der Waals surface area (Å²) in [6, 6.07) is 16.4. The molecule has 0 unspecified atom stereocenters. The van der Waals surface area contributed by atoms with Crippen LogP contribution in [0.4, 0.5) is 11.6 Å². The average Bonchev–Trinajstić information content (AvgIpc) is 3.40. The number of nitrogen functional groups attached to an aromatic ring is 1. The first-order valence-corrected chi connectivity index (χ1v) is 10.6. The van der Waals surface area contributed by atoms with E-state index >= 15 is 0 Å². The normalized spacial score (nSPS) is 11.1. The van der Waals surface area contributed by atoms with E-state index in [1.807, 2.05) is 18.2 Å². The van der Waals surface area contributed by atoms with Crippen LogP contribution in [0.15, 0.2) is 60.9 Å². The summed E-state index contributed by atoms with van der Waals surface area (Å²) in [5, 5.41) is 22.9. The number of hydrogen-bond donors (Lipinski definition) is 2. The van der Waals surface area contributed by atoms with Gasteiger partial charge < -0.3 is 10.6 Å². The van der Waals surface area contributed by atoms with Gasteiger partial charge in [0, 0.05) is 31.0 Å². The molecule has 33 heavy (non-hydrogen) atoms. The minimum absolute atomic E-state index is 0.280. The number of nitrogens with two attached hydrogens (primary N) is 1. The zero-order valence-electron chi connectivity index (χ0n) is 18.0. The molecule has 0 spiro atoms. The SMILES string of the molecule is CCCN(Cc1ccc(-c2ccccc2-c2nn[nH]n2)cc1)c1nnc(N)c2nccnc12. The van der Waals surface area contributed by atoms with Crippen molar-refractivity contribution in [1.82, 2.24) is 40.8 Å². The van der Waals surface area contributed by atoms with Crippen LogP contribution in [0.1, 0.15) is 18.9 Å². The van der Waals surface area contributed by atoms with Crippen LogP contribution < -0.4 is 10.6 Å². The van der Waals surface area contributed by atoms with E-state index in [9.17, 15) is 0 Å². The molecule has 0 aliphatic carbocycles. The molecular weight excluding hydrogens is 416 g/mol. The molecule has 0 radical (unpaired) electrons. The monoisotopic (exact) mass is 438 g/mol. The molecule has 5 rings (SSSR count). The quantitative estimate of drug-likeness (QED) is 0.392. The van der Waals surface area contributed by atoms with Crippen LogP contribution >= 0.6 is 0 Å². The Morgan fingerprint density at radius 1 is 0.879 bits per heavy atom. The van der Waals surface area contributed by atoms with Gasteiger partial charge in [-0.05, 0) is 28.3 Å². The third kappa shape index (κ3) is 4.05. The van der Waals surface area contributed by atoms with E-state index < -0.39 is 0 Å². The molecule has 2 aromatic carbocycles. The number of tetrazole rings is 1. The van der Waals surface area contributed by atoms with Gasteiger partial charge in [0.25, 0.3) is 0 Å². The Morgan fingerprint density at radius 2 is 1.64 bits per heavy atom. The van der Waals surface area contributed by atoms with Crippen LogP contribution in [0, 0.1) is 0 Å². The van der Waals surface area contributed by atoms with Gasteiger partial charge in [0.2, 0.25) is 5.82 Å². The van der Waals surface area contributed by atoms with Crippen molar-refractivity contribution >= 4 is 22.7 Å². The first kappa shape index (κ1) is 20.4. The number of H-pyrrole nitrogens is 1. The Hall–Kier alpha value is -4.47. The van der Waals surface area contributed by atoms with Crippen molar-refractivity contribution in [3.8, 4) is 22.5 Å². The molecule has 0 bridgehead atoms. The Morgan fingerprint density at radius 3 is 2.36 bits per heavy atom. The van der Waals surface area contributed by atoms with Gasteiger partial charge in [0.15, 0.2) is 11.6 Å². The predicted octanol–water partition coefficient (Wildman–Crippen LogP) is 3.27. The maximum Gasteiger partial charge on any atom is 0.205 e. The second-order valence-electron chi connectivity index (χ2n) is 7.56. The molecule has 10 heteroatoms.